The van der Waals surface area contributed by atoms with Gasteiger partial charge in [0.25, 0.3) is 0 Å². The van der Waals surface area contributed by atoms with E-state index in [0.29, 0.717) is 6.54 Å². The number of pyridine rings is 1. The fourth-order valence-corrected chi connectivity index (χ4v) is 3.69. The van der Waals surface area contributed by atoms with Crippen molar-refractivity contribution in [3.8, 4) is 6.07 Å². The molecule has 4 rings (SSSR count). The first kappa shape index (κ1) is 16.3. The molecule has 1 aliphatic rings. The minimum absolute atomic E-state index is 0.0241. The summed E-state index contributed by atoms with van der Waals surface area (Å²) in [5.74, 6) is -0.0927. The van der Waals surface area contributed by atoms with Crippen molar-refractivity contribution in [2.45, 2.75) is 12.8 Å². The van der Waals surface area contributed by atoms with E-state index in [4.69, 9.17) is 5.26 Å². The van der Waals surface area contributed by atoms with Gasteiger partial charge in [0.05, 0.1) is 30.1 Å². The number of carbonyl (C=O) groups excluding carboxylic acids is 1. The number of nitrogens with one attached hydrogen (secondary N) is 1. The van der Waals surface area contributed by atoms with Gasteiger partial charge in [-0.1, -0.05) is 0 Å². The summed E-state index contributed by atoms with van der Waals surface area (Å²) in [4.78, 5) is 23.8. The van der Waals surface area contributed by atoms with Crippen molar-refractivity contribution in [1.29, 1.82) is 5.26 Å². The van der Waals surface area contributed by atoms with E-state index < -0.39 is 0 Å². The maximum atomic E-state index is 12.6. The Labute approximate surface area is 150 Å². The summed E-state index contributed by atoms with van der Waals surface area (Å²) in [5.41, 5.74) is 2.53. The standard InChI is InChI=1S/C18H19N7O/c1-24(8-5-19)18(26)12-3-2-7-25(11-12)15-10-22-23-14-9-21-17-13(16(14)15)4-6-20-17/h4,6,9-10,12H,2-3,7-8,11H2,1H3,(H,20,21). The van der Waals surface area contributed by atoms with Gasteiger partial charge >= 0.3 is 0 Å². The quantitative estimate of drug-likeness (QED) is 0.722. The largest absolute Gasteiger partial charge is 0.369 e. The topological polar surface area (TPSA) is 102 Å². The second kappa shape index (κ2) is 6.59. The van der Waals surface area contributed by atoms with Crippen LogP contribution in [0.5, 0.6) is 0 Å². The lowest BCUT2D eigenvalue weighted by Crippen LogP contribution is -2.44. The number of aromatic amines is 1. The number of nitriles is 1. The van der Waals surface area contributed by atoms with Crippen LogP contribution in [0, 0.1) is 17.2 Å². The molecule has 0 bridgehead atoms. The lowest BCUT2D eigenvalue weighted by atomic mass is 9.95. The zero-order chi connectivity index (χ0) is 18.1. The predicted molar refractivity (Wildman–Crippen MR) is 97.4 cm³/mol. The van der Waals surface area contributed by atoms with Gasteiger partial charge in [-0.05, 0) is 18.9 Å². The molecule has 8 heteroatoms. The Hall–Kier alpha value is -3.21. The highest BCUT2D eigenvalue weighted by Gasteiger charge is 2.29. The Kier molecular flexibility index (Phi) is 4.13. The second-order valence-electron chi connectivity index (χ2n) is 6.63. The Balaban J connectivity index is 1.70. The average Bonchev–Trinajstić information content (AvgIpc) is 3.16. The maximum absolute atomic E-state index is 12.6. The van der Waals surface area contributed by atoms with E-state index in [9.17, 15) is 4.79 Å². The normalized spacial score (nSPS) is 17.4. The van der Waals surface area contributed by atoms with Crippen molar-refractivity contribution in [3.05, 3.63) is 24.7 Å². The van der Waals surface area contributed by atoms with Crippen LogP contribution in [0.25, 0.3) is 21.9 Å². The summed E-state index contributed by atoms with van der Waals surface area (Å²) < 4.78 is 0. The van der Waals surface area contributed by atoms with E-state index in [0.717, 1.165) is 47.0 Å². The van der Waals surface area contributed by atoms with Gasteiger partial charge in [0.2, 0.25) is 5.91 Å². The highest BCUT2D eigenvalue weighted by molar-refractivity contribution is 6.09. The molecule has 0 spiro atoms. The average molecular weight is 349 g/mol. The molecule has 1 atom stereocenters. The lowest BCUT2D eigenvalue weighted by Gasteiger charge is -2.35. The number of nitrogens with zero attached hydrogens (tertiary/aromatic N) is 6. The summed E-state index contributed by atoms with van der Waals surface area (Å²) in [6.07, 6.45) is 7.10. The number of aromatic nitrogens is 4. The molecule has 1 saturated heterocycles. The number of hydrogen-bond donors (Lipinski definition) is 1. The van der Waals surface area contributed by atoms with Crippen LogP contribution in [0.4, 0.5) is 5.69 Å². The van der Waals surface area contributed by atoms with Crippen molar-refractivity contribution >= 4 is 33.5 Å². The van der Waals surface area contributed by atoms with E-state index in [2.05, 4.69) is 25.1 Å². The van der Waals surface area contributed by atoms with Gasteiger partial charge in [-0.2, -0.15) is 10.4 Å². The van der Waals surface area contributed by atoms with Crippen LogP contribution in [0.3, 0.4) is 0 Å². The maximum Gasteiger partial charge on any atom is 0.228 e. The fourth-order valence-electron chi connectivity index (χ4n) is 3.69. The van der Waals surface area contributed by atoms with E-state index >= 15 is 0 Å². The van der Waals surface area contributed by atoms with Gasteiger partial charge in [-0.15, -0.1) is 5.10 Å². The van der Waals surface area contributed by atoms with Gasteiger partial charge < -0.3 is 14.8 Å². The molecule has 0 radical (unpaired) electrons. The predicted octanol–water partition coefficient (Wildman–Crippen LogP) is 1.70. The van der Waals surface area contributed by atoms with E-state index in [1.165, 1.54) is 4.90 Å². The zero-order valence-electron chi connectivity index (χ0n) is 14.5. The second-order valence-corrected chi connectivity index (χ2v) is 6.63. The summed E-state index contributed by atoms with van der Waals surface area (Å²) in [6.45, 7) is 1.59. The molecule has 8 nitrogen and oxygen atoms in total. The molecule has 1 aliphatic heterocycles. The molecule has 26 heavy (non-hydrogen) atoms. The van der Waals surface area contributed by atoms with Gasteiger partial charge in [0, 0.05) is 37.1 Å². The van der Waals surface area contributed by atoms with Crippen LogP contribution in [0.2, 0.25) is 0 Å². The highest BCUT2D eigenvalue weighted by atomic mass is 16.2. The van der Waals surface area contributed by atoms with Crippen LogP contribution in [0.15, 0.2) is 24.7 Å². The minimum Gasteiger partial charge on any atom is -0.369 e. The van der Waals surface area contributed by atoms with Gasteiger partial charge in [-0.3, -0.25) is 4.79 Å². The summed E-state index contributed by atoms with van der Waals surface area (Å²) in [6, 6.07) is 4.02. The van der Waals surface area contributed by atoms with Crippen LogP contribution < -0.4 is 4.90 Å². The van der Waals surface area contributed by atoms with Crippen LogP contribution >= 0.6 is 0 Å². The molecule has 0 aromatic carbocycles. The van der Waals surface area contributed by atoms with Crippen molar-refractivity contribution in [2.75, 3.05) is 31.6 Å². The van der Waals surface area contributed by atoms with E-state index in [-0.39, 0.29) is 18.4 Å². The first-order valence-electron chi connectivity index (χ1n) is 8.63. The van der Waals surface area contributed by atoms with E-state index in [1.807, 2.05) is 18.3 Å². The van der Waals surface area contributed by atoms with Crippen molar-refractivity contribution in [3.63, 3.8) is 0 Å². The molecule has 4 heterocycles. The lowest BCUT2D eigenvalue weighted by molar-refractivity contribution is -0.133. The minimum atomic E-state index is -0.117. The Bertz CT molecular complexity index is 1010. The molecule has 1 amide bonds. The smallest absolute Gasteiger partial charge is 0.228 e. The van der Waals surface area contributed by atoms with Crippen LogP contribution in [-0.4, -0.2) is 57.7 Å². The summed E-state index contributed by atoms with van der Waals surface area (Å²) in [7, 11) is 1.68. The first-order chi connectivity index (χ1) is 12.7. The number of H-pyrrole nitrogens is 1. The molecule has 1 fully saturated rings. The van der Waals surface area contributed by atoms with Crippen LogP contribution in [-0.2, 0) is 4.79 Å². The molecule has 1 unspecified atom stereocenters. The summed E-state index contributed by atoms with van der Waals surface area (Å²) in [5, 5.41) is 19.2. The molecular weight excluding hydrogens is 330 g/mol. The van der Waals surface area contributed by atoms with Gasteiger partial charge in [-0.25, -0.2) is 4.98 Å². The number of carbonyl (C=O) groups is 1. The van der Waals surface area contributed by atoms with Crippen molar-refractivity contribution in [1.82, 2.24) is 25.1 Å². The first-order valence-corrected chi connectivity index (χ1v) is 8.63. The number of hydrogen-bond acceptors (Lipinski definition) is 6. The number of piperidine rings is 1. The monoisotopic (exact) mass is 349 g/mol. The zero-order valence-corrected chi connectivity index (χ0v) is 14.5. The number of rotatable bonds is 3. The third-order valence-corrected chi connectivity index (χ3v) is 4.96. The third-order valence-electron chi connectivity index (χ3n) is 4.96. The molecule has 3 aromatic heterocycles. The summed E-state index contributed by atoms with van der Waals surface area (Å²) >= 11 is 0. The Morgan fingerprint density at radius 2 is 2.38 bits per heavy atom. The Morgan fingerprint density at radius 1 is 1.50 bits per heavy atom. The molecule has 0 saturated carbocycles. The SMILES string of the molecule is CN(CC#N)C(=O)C1CCCN(c2cnnc3cnc4[nH]ccc4c23)C1. The third kappa shape index (κ3) is 2.71. The number of anilines is 1. The number of fused-ring (bicyclic) bond motifs is 3. The molecular formula is C18H19N7O. The van der Waals surface area contributed by atoms with E-state index in [1.54, 1.807) is 19.4 Å². The van der Waals surface area contributed by atoms with Gasteiger partial charge in [0.15, 0.2) is 0 Å². The molecule has 0 aliphatic carbocycles. The fraction of sp³-hybridized carbons (Fsp3) is 0.389. The molecule has 1 N–H and O–H groups in total. The van der Waals surface area contributed by atoms with Crippen molar-refractivity contribution in [2.24, 2.45) is 5.92 Å². The highest BCUT2D eigenvalue weighted by Crippen LogP contribution is 2.33. The molecule has 3 aromatic rings. The number of amides is 1. The Morgan fingerprint density at radius 3 is 3.23 bits per heavy atom. The molecule has 132 valence electrons. The van der Waals surface area contributed by atoms with Gasteiger partial charge in [0.1, 0.15) is 17.7 Å². The van der Waals surface area contributed by atoms with Crippen molar-refractivity contribution < 1.29 is 4.79 Å². The van der Waals surface area contributed by atoms with Crippen LogP contribution in [0.1, 0.15) is 12.8 Å².